The highest BCUT2D eigenvalue weighted by Gasteiger charge is 2.43. The van der Waals surface area contributed by atoms with E-state index in [1.165, 1.54) is 51.5 Å². The molecule has 0 aromatic carbocycles. The van der Waals surface area contributed by atoms with E-state index in [-0.39, 0.29) is 0 Å². The first kappa shape index (κ1) is 11.4. The molecular weight excluding hydrogens is 182 g/mol. The average molecular weight is 209 g/mol. The summed E-state index contributed by atoms with van der Waals surface area (Å²) in [6.45, 7) is 8.13. The first-order valence-corrected chi connectivity index (χ1v) is 6.77. The summed E-state index contributed by atoms with van der Waals surface area (Å²) < 4.78 is 0. The lowest BCUT2D eigenvalue weighted by Crippen LogP contribution is -2.47. The molecule has 15 heavy (non-hydrogen) atoms. The van der Waals surface area contributed by atoms with Crippen molar-refractivity contribution in [2.75, 3.05) is 6.54 Å². The number of rotatable bonds is 3. The van der Waals surface area contributed by atoms with E-state index in [1.807, 2.05) is 0 Å². The van der Waals surface area contributed by atoms with Gasteiger partial charge in [-0.3, -0.25) is 0 Å². The van der Waals surface area contributed by atoms with Crippen LogP contribution in [0.2, 0.25) is 0 Å². The molecule has 0 aromatic heterocycles. The van der Waals surface area contributed by atoms with Crippen molar-refractivity contribution in [3.63, 3.8) is 0 Å². The molecule has 0 atom stereocenters. The summed E-state index contributed by atoms with van der Waals surface area (Å²) in [5, 5.41) is 3.75. The Morgan fingerprint density at radius 3 is 2.07 bits per heavy atom. The van der Waals surface area contributed by atoms with E-state index in [0.717, 1.165) is 5.92 Å². The van der Waals surface area contributed by atoms with Crippen molar-refractivity contribution in [1.29, 1.82) is 0 Å². The van der Waals surface area contributed by atoms with Crippen LogP contribution >= 0.6 is 0 Å². The summed E-state index contributed by atoms with van der Waals surface area (Å²) in [7, 11) is 0. The van der Waals surface area contributed by atoms with E-state index in [2.05, 4.69) is 26.1 Å². The van der Waals surface area contributed by atoms with Crippen molar-refractivity contribution < 1.29 is 0 Å². The van der Waals surface area contributed by atoms with Gasteiger partial charge in [0, 0.05) is 12.1 Å². The molecule has 0 amide bonds. The molecule has 0 bridgehead atoms. The molecule has 88 valence electrons. The van der Waals surface area contributed by atoms with E-state index in [9.17, 15) is 0 Å². The second-order valence-corrected chi connectivity index (χ2v) is 6.80. The maximum atomic E-state index is 3.75. The molecule has 0 unspecified atom stereocenters. The minimum Gasteiger partial charge on any atom is -0.312 e. The average Bonchev–Trinajstić information content (AvgIpc) is 2.46. The molecule has 0 saturated heterocycles. The SMILES string of the molecule is CC(C)(C)NCC1(C2CCC2)CCCC1. The summed E-state index contributed by atoms with van der Waals surface area (Å²) in [5.41, 5.74) is 0.977. The summed E-state index contributed by atoms with van der Waals surface area (Å²) in [6, 6.07) is 0. The zero-order valence-electron chi connectivity index (χ0n) is 10.7. The molecule has 0 aliphatic heterocycles. The molecule has 1 heteroatoms. The minimum atomic E-state index is 0.291. The third kappa shape index (κ3) is 2.55. The third-order valence-electron chi connectivity index (χ3n) is 4.54. The van der Waals surface area contributed by atoms with Crippen molar-refractivity contribution in [2.24, 2.45) is 11.3 Å². The standard InChI is InChI=1S/C14H27N/c1-13(2,3)15-11-14(9-4-5-10-14)12-7-6-8-12/h12,15H,4-11H2,1-3H3. The van der Waals surface area contributed by atoms with Crippen LogP contribution in [0.4, 0.5) is 0 Å². The normalized spacial score (nSPS) is 26.6. The summed E-state index contributed by atoms with van der Waals surface area (Å²) in [5.74, 6) is 1.05. The van der Waals surface area contributed by atoms with Gasteiger partial charge in [-0.25, -0.2) is 0 Å². The molecule has 2 aliphatic carbocycles. The van der Waals surface area contributed by atoms with Gasteiger partial charge in [0.05, 0.1) is 0 Å². The number of hydrogen-bond donors (Lipinski definition) is 1. The fourth-order valence-electron chi connectivity index (χ4n) is 3.27. The molecule has 1 N–H and O–H groups in total. The maximum absolute atomic E-state index is 3.75. The Hall–Kier alpha value is -0.0400. The lowest BCUT2D eigenvalue weighted by atomic mass is 9.64. The summed E-state index contributed by atoms with van der Waals surface area (Å²) in [4.78, 5) is 0. The largest absolute Gasteiger partial charge is 0.312 e. The van der Waals surface area contributed by atoms with Gasteiger partial charge in [0.25, 0.3) is 0 Å². The molecule has 0 heterocycles. The van der Waals surface area contributed by atoms with Crippen LogP contribution in [0.15, 0.2) is 0 Å². The number of hydrogen-bond acceptors (Lipinski definition) is 1. The Morgan fingerprint density at radius 1 is 1.07 bits per heavy atom. The summed E-state index contributed by atoms with van der Waals surface area (Å²) >= 11 is 0. The fraction of sp³-hybridized carbons (Fsp3) is 1.00. The molecule has 1 nitrogen and oxygen atoms in total. The molecule has 2 saturated carbocycles. The van der Waals surface area contributed by atoms with Crippen molar-refractivity contribution in [3.8, 4) is 0 Å². The topological polar surface area (TPSA) is 12.0 Å². The molecule has 2 rings (SSSR count). The van der Waals surface area contributed by atoms with Gasteiger partial charge < -0.3 is 5.32 Å². The Morgan fingerprint density at radius 2 is 1.67 bits per heavy atom. The van der Waals surface area contributed by atoms with Crippen molar-refractivity contribution >= 4 is 0 Å². The van der Waals surface area contributed by atoms with E-state index < -0.39 is 0 Å². The van der Waals surface area contributed by atoms with Gasteiger partial charge in [-0.1, -0.05) is 19.3 Å². The van der Waals surface area contributed by atoms with Crippen LogP contribution in [-0.4, -0.2) is 12.1 Å². The van der Waals surface area contributed by atoms with E-state index in [4.69, 9.17) is 0 Å². The van der Waals surface area contributed by atoms with Crippen LogP contribution in [0.1, 0.15) is 65.7 Å². The zero-order valence-corrected chi connectivity index (χ0v) is 10.7. The highest BCUT2D eigenvalue weighted by molar-refractivity contribution is 4.96. The first-order valence-electron chi connectivity index (χ1n) is 6.77. The molecule has 2 aliphatic rings. The quantitative estimate of drug-likeness (QED) is 0.746. The predicted octanol–water partition coefficient (Wildman–Crippen LogP) is 3.74. The van der Waals surface area contributed by atoms with E-state index >= 15 is 0 Å². The molecule has 0 aromatic rings. The first-order chi connectivity index (χ1) is 7.02. The van der Waals surface area contributed by atoms with Crippen LogP contribution in [-0.2, 0) is 0 Å². The van der Waals surface area contributed by atoms with Gasteiger partial charge in [0.1, 0.15) is 0 Å². The van der Waals surface area contributed by atoms with Crippen LogP contribution in [0, 0.1) is 11.3 Å². The predicted molar refractivity (Wildman–Crippen MR) is 66.0 cm³/mol. The zero-order chi connectivity index (χ0) is 10.9. The Bertz CT molecular complexity index is 204. The number of nitrogens with one attached hydrogen (secondary N) is 1. The fourth-order valence-corrected chi connectivity index (χ4v) is 3.27. The molecular formula is C14H27N. The molecule has 0 spiro atoms. The van der Waals surface area contributed by atoms with Crippen molar-refractivity contribution in [3.05, 3.63) is 0 Å². The monoisotopic (exact) mass is 209 g/mol. The van der Waals surface area contributed by atoms with Gasteiger partial charge >= 0.3 is 0 Å². The highest BCUT2D eigenvalue weighted by Crippen LogP contribution is 2.51. The third-order valence-corrected chi connectivity index (χ3v) is 4.54. The second kappa shape index (κ2) is 4.08. The summed E-state index contributed by atoms with van der Waals surface area (Å²) in [6.07, 6.45) is 10.4. The van der Waals surface area contributed by atoms with Crippen LogP contribution < -0.4 is 5.32 Å². The Balaban J connectivity index is 1.93. The smallest absolute Gasteiger partial charge is 0.00967 e. The lowest BCUT2D eigenvalue weighted by Gasteiger charge is -2.44. The van der Waals surface area contributed by atoms with Crippen molar-refractivity contribution in [1.82, 2.24) is 5.32 Å². The van der Waals surface area contributed by atoms with E-state index in [1.54, 1.807) is 0 Å². The van der Waals surface area contributed by atoms with Gasteiger partial charge in [-0.05, 0) is 57.8 Å². The lowest BCUT2D eigenvalue weighted by molar-refractivity contribution is 0.0797. The minimum absolute atomic E-state index is 0.291. The Kier molecular flexibility index (Phi) is 3.12. The van der Waals surface area contributed by atoms with Crippen LogP contribution in [0.5, 0.6) is 0 Å². The molecule has 0 radical (unpaired) electrons. The van der Waals surface area contributed by atoms with E-state index in [0.29, 0.717) is 11.0 Å². The molecule has 2 fully saturated rings. The Labute approximate surface area is 95.0 Å². The van der Waals surface area contributed by atoms with Gasteiger partial charge in [-0.15, -0.1) is 0 Å². The van der Waals surface area contributed by atoms with Gasteiger partial charge in [0.15, 0.2) is 0 Å². The van der Waals surface area contributed by atoms with Crippen LogP contribution in [0.25, 0.3) is 0 Å². The second-order valence-electron chi connectivity index (χ2n) is 6.80. The van der Waals surface area contributed by atoms with Crippen LogP contribution in [0.3, 0.4) is 0 Å². The van der Waals surface area contributed by atoms with Gasteiger partial charge in [0.2, 0.25) is 0 Å². The highest BCUT2D eigenvalue weighted by atomic mass is 15.0. The maximum Gasteiger partial charge on any atom is 0.00967 e. The van der Waals surface area contributed by atoms with Gasteiger partial charge in [-0.2, -0.15) is 0 Å². The van der Waals surface area contributed by atoms with Crippen molar-refractivity contribution in [2.45, 2.75) is 71.3 Å².